The van der Waals surface area contributed by atoms with Crippen LogP contribution in [0.15, 0.2) is 54.6 Å². The summed E-state index contributed by atoms with van der Waals surface area (Å²) in [7, 11) is 0. The molecule has 4 rings (SSSR count). The lowest BCUT2D eigenvalue weighted by atomic mass is 10.1. The lowest BCUT2D eigenvalue weighted by molar-refractivity contribution is -0.122. The maximum absolute atomic E-state index is 12.8. The van der Waals surface area contributed by atoms with Crippen LogP contribution in [0.25, 0.3) is 0 Å². The minimum atomic E-state index is -0.00697. The number of carbonyl (C=O) groups is 3. The number of piperazine rings is 1. The minimum Gasteiger partial charge on any atom is -0.351 e. The Balaban J connectivity index is 1.23. The number of carbonyl (C=O) groups excluding carboxylic acids is 3. The van der Waals surface area contributed by atoms with Crippen molar-refractivity contribution in [3.05, 3.63) is 65.7 Å². The van der Waals surface area contributed by atoms with E-state index in [9.17, 15) is 14.4 Å². The second kappa shape index (κ2) is 9.75. The third kappa shape index (κ3) is 5.30. The minimum absolute atomic E-state index is 0.00400. The standard InChI is InChI=1S/C24H28N4O3/c29-22(25-17-19-5-2-1-3-6-19)18-26-13-15-27(16-14-26)24(31)20-8-10-21(11-9-20)28-12-4-7-23(28)30/h1-3,5-6,8-11H,4,7,12-18H2,(H,25,29). The number of anilines is 1. The van der Waals surface area contributed by atoms with Gasteiger partial charge in [0.05, 0.1) is 6.54 Å². The van der Waals surface area contributed by atoms with Gasteiger partial charge in [0, 0.05) is 56.9 Å². The number of nitrogens with zero attached hydrogens (tertiary/aromatic N) is 3. The first-order chi connectivity index (χ1) is 15.1. The van der Waals surface area contributed by atoms with Crippen molar-refractivity contribution in [2.75, 3.05) is 44.2 Å². The van der Waals surface area contributed by atoms with Crippen LogP contribution in [-0.2, 0) is 16.1 Å². The van der Waals surface area contributed by atoms with Crippen molar-refractivity contribution in [3.63, 3.8) is 0 Å². The highest BCUT2D eigenvalue weighted by molar-refractivity contribution is 5.97. The fourth-order valence-corrected chi connectivity index (χ4v) is 4.05. The van der Waals surface area contributed by atoms with Crippen LogP contribution >= 0.6 is 0 Å². The zero-order valence-electron chi connectivity index (χ0n) is 17.6. The summed E-state index contributed by atoms with van der Waals surface area (Å²) < 4.78 is 0. The van der Waals surface area contributed by atoms with E-state index in [1.165, 1.54) is 0 Å². The van der Waals surface area contributed by atoms with E-state index in [1.807, 2.05) is 47.4 Å². The van der Waals surface area contributed by atoms with Gasteiger partial charge >= 0.3 is 0 Å². The van der Waals surface area contributed by atoms with Crippen LogP contribution in [0.2, 0.25) is 0 Å². The van der Waals surface area contributed by atoms with Gasteiger partial charge in [-0.05, 0) is 36.2 Å². The second-order valence-corrected chi connectivity index (χ2v) is 8.03. The summed E-state index contributed by atoms with van der Waals surface area (Å²) in [4.78, 5) is 42.6. The summed E-state index contributed by atoms with van der Waals surface area (Å²) in [6.07, 6.45) is 1.48. The van der Waals surface area contributed by atoms with Gasteiger partial charge in [-0.1, -0.05) is 30.3 Å². The van der Waals surface area contributed by atoms with Crippen LogP contribution in [0, 0.1) is 0 Å². The van der Waals surface area contributed by atoms with E-state index in [0.29, 0.717) is 51.3 Å². The van der Waals surface area contributed by atoms with Crippen molar-refractivity contribution in [1.29, 1.82) is 0 Å². The number of hydrogen-bond acceptors (Lipinski definition) is 4. The van der Waals surface area contributed by atoms with E-state index in [2.05, 4.69) is 10.2 Å². The molecule has 162 valence electrons. The number of nitrogens with one attached hydrogen (secondary N) is 1. The Kier molecular flexibility index (Phi) is 6.62. The highest BCUT2D eigenvalue weighted by Gasteiger charge is 2.25. The number of hydrogen-bond donors (Lipinski definition) is 1. The molecule has 0 spiro atoms. The summed E-state index contributed by atoms with van der Waals surface area (Å²) in [6.45, 7) is 4.14. The Morgan fingerprint density at radius 2 is 1.58 bits per heavy atom. The van der Waals surface area contributed by atoms with Crippen molar-refractivity contribution in [2.45, 2.75) is 19.4 Å². The molecule has 2 aliphatic rings. The van der Waals surface area contributed by atoms with E-state index in [1.54, 1.807) is 17.0 Å². The Morgan fingerprint density at radius 3 is 2.23 bits per heavy atom. The van der Waals surface area contributed by atoms with Crippen LogP contribution in [0.3, 0.4) is 0 Å². The van der Waals surface area contributed by atoms with Crippen LogP contribution in [0.1, 0.15) is 28.8 Å². The first-order valence-electron chi connectivity index (χ1n) is 10.8. The van der Waals surface area contributed by atoms with Crippen molar-refractivity contribution in [2.24, 2.45) is 0 Å². The average molecular weight is 421 g/mol. The molecule has 2 fully saturated rings. The second-order valence-electron chi connectivity index (χ2n) is 8.03. The molecule has 0 unspecified atom stereocenters. The van der Waals surface area contributed by atoms with E-state index in [0.717, 1.165) is 24.2 Å². The first-order valence-corrected chi connectivity index (χ1v) is 10.8. The summed E-state index contributed by atoms with van der Waals surface area (Å²) in [6, 6.07) is 17.1. The van der Waals surface area contributed by atoms with Gasteiger partial charge < -0.3 is 15.1 Å². The van der Waals surface area contributed by atoms with E-state index < -0.39 is 0 Å². The molecule has 2 heterocycles. The summed E-state index contributed by atoms with van der Waals surface area (Å²) >= 11 is 0. The smallest absolute Gasteiger partial charge is 0.253 e. The van der Waals surface area contributed by atoms with Crippen molar-refractivity contribution >= 4 is 23.4 Å². The third-order valence-electron chi connectivity index (χ3n) is 5.86. The average Bonchev–Trinajstić information content (AvgIpc) is 3.24. The molecule has 0 radical (unpaired) electrons. The number of rotatable bonds is 6. The lowest BCUT2D eigenvalue weighted by Crippen LogP contribution is -2.51. The van der Waals surface area contributed by atoms with Gasteiger partial charge in [0.2, 0.25) is 11.8 Å². The predicted molar refractivity (Wildman–Crippen MR) is 119 cm³/mol. The van der Waals surface area contributed by atoms with Crippen LogP contribution in [-0.4, -0.2) is 66.8 Å². The van der Waals surface area contributed by atoms with E-state index in [4.69, 9.17) is 0 Å². The molecule has 3 amide bonds. The maximum atomic E-state index is 12.8. The van der Waals surface area contributed by atoms with Gasteiger partial charge in [-0.15, -0.1) is 0 Å². The van der Waals surface area contributed by atoms with Crippen molar-refractivity contribution < 1.29 is 14.4 Å². The molecule has 7 heteroatoms. The van der Waals surface area contributed by atoms with Gasteiger partial charge in [0.15, 0.2) is 0 Å². The Morgan fingerprint density at radius 1 is 0.871 bits per heavy atom. The van der Waals surface area contributed by atoms with Crippen molar-refractivity contribution in [3.8, 4) is 0 Å². The van der Waals surface area contributed by atoms with Gasteiger partial charge in [0.25, 0.3) is 5.91 Å². The fraction of sp³-hybridized carbons (Fsp3) is 0.375. The molecular formula is C24H28N4O3. The molecule has 7 nitrogen and oxygen atoms in total. The first kappa shape index (κ1) is 21.1. The van der Waals surface area contributed by atoms with E-state index in [-0.39, 0.29) is 17.7 Å². The SMILES string of the molecule is O=C(CN1CCN(C(=O)c2ccc(N3CCCC3=O)cc2)CC1)NCc1ccccc1. The molecule has 31 heavy (non-hydrogen) atoms. The predicted octanol–water partition coefficient (Wildman–Crippen LogP) is 1.89. The Bertz CT molecular complexity index is 922. The lowest BCUT2D eigenvalue weighted by Gasteiger charge is -2.34. The molecule has 1 N–H and O–H groups in total. The molecule has 0 saturated carbocycles. The summed E-state index contributed by atoms with van der Waals surface area (Å²) in [5, 5.41) is 2.95. The Labute approximate surface area is 182 Å². The quantitative estimate of drug-likeness (QED) is 0.775. The molecule has 2 aromatic rings. The highest BCUT2D eigenvalue weighted by atomic mass is 16.2. The summed E-state index contributed by atoms with van der Waals surface area (Å²) in [5.41, 5.74) is 2.56. The monoisotopic (exact) mass is 420 g/mol. The molecule has 2 aliphatic heterocycles. The van der Waals surface area contributed by atoms with Crippen LogP contribution < -0.4 is 10.2 Å². The molecule has 0 bridgehead atoms. The normalized spacial score (nSPS) is 17.1. The summed E-state index contributed by atoms with van der Waals surface area (Å²) in [5.74, 6) is 0.131. The van der Waals surface area contributed by atoms with Crippen LogP contribution in [0.4, 0.5) is 5.69 Å². The molecule has 2 aromatic carbocycles. The van der Waals surface area contributed by atoms with E-state index >= 15 is 0 Å². The van der Waals surface area contributed by atoms with Gasteiger partial charge in [-0.2, -0.15) is 0 Å². The topological polar surface area (TPSA) is 73.0 Å². The fourth-order valence-electron chi connectivity index (χ4n) is 4.05. The van der Waals surface area contributed by atoms with Gasteiger partial charge in [0.1, 0.15) is 0 Å². The number of benzene rings is 2. The van der Waals surface area contributed by atoms with Crippen LogP contribution in [0.5, 0.6) is 0 Å². The van der Waals surface area contributed by atoms with Gasteiger partial charge in [-0.3, -0.25) is 19.3 Å². The molecule has 0 atom stereocenters. The zero-order valence-corrected chi connectivity index (χ0v) is 17.6. The largest absolute Gasteiger partial charge is 0.351 e. The third-order valence-corrected chi connectivity index (χ3v) is 5.86. The highest BCUT2D eigenvalue weighted by Crippen LogP contribution is 2.22. The Hall–Kier alpha value is -3.19. The maximum Gasteiger partial charge on any atom is 0.253 e. The zero-order chi connectivity index (χ0) is 21.6. The van der Waals surface area contributed by atoms with Gasteiger partial charge in [-0.25, -0.2) is 0 Å². The molecule has 0 aliphatic carbocycles. The molecule has 0 aromatic heterocycles. The van der Waals surface area contributed by atoms with Crippen molar-refractivity contribution in [1.82, 2.24) is 15.1 Å². The molecule has 2 saturated heterocycles. The number of amides is 3. The molecular weight excluding hydrogens is 392 g/mol.